The van der Waals surface area contributed by atoms with Crippen LogP contribution in [0.25, 0.3) is 0 Å². The number of carboxylic acid groups (broad SMARTS) is 2. The van der Waals surface area contributed by atoms with Gasteiger partial charge in [0.15, 0.2) is 5.82 Å². The van der Waals surface area contributed by atoms with Crippen molar-refractivity contribution in [2.24, 2.45) is 11.8 Å². The molecule has 2 N–H and O–H groups in total. The molecule has 1 aliphatic rings. The Kier molecular flexibility index (Phi) is 3.56. The van der Waals surface area contributed by atoms with Gasteiger partial charge in [-0.3, -0.25) is 14.5 Å². The molecule has 2 unspecified atom stereocenters. The Hall–Kier alpha value is -1.96. The average Bonchev–Trinajstić information content (AvgIpc) is 2.81. The Morgan fingerprint density at radius 2 is 2.11 bits per heavy atom. The monoisotopic (exact) mass is 255 g/mol. The molecule has 18 heavy (non-hydrogen) atoms. The Morgan fingerprint density at radius 3 is 2.67 bits per heavy atom. The van der Waals surface area contributed by atoms with Gasteiger partial charge in [0.1, 0.15) is 0 Å². The number of carbonyl (C=O) groups is 2. The average molecular weight is 255 g/mol. The first-order chi connectivity index (χ1) is 8.58. The molecule has 0 aromatic carbocycles. The molecular weight excluding hydrogens is 242 g/mol. The van der Waals surface area contributed by atoms with Crippen LogP contribution in [0.4, 0.5) is 0 Å². The molecule has 0 radical (unpaired) electrons. The molecule has 0 bridgehead atoms. The predicted molar refractivity (Wildman–Crippen MR) is 56.4 cm³/mol. The molecule has 2 atom stereocenters. The second-order valence-corrected chi connectivity index (χ2v) is 4.26. The SMILES string of the molecule is O=C(O)C1CCN(Cc2ncon2)CC1C(=O)O. The van der Waals surface area contributed by atoms with E-state index in [1.807, 2.05) is 4.90 Å². The highest BCUT2D eigenvalue weighted by molar-refractivity contribution is 5.80. The maximum atomic E-state index is 11.1. The van der Waals surface area contributed by atoms with Crippen LogP contribution in [-0.4, -0.2) is 50.3 Å². The number of hydrogen-bond donors (Lipinski definition) is 2. The standard InChI is InChI=1S/C10H13N3O5/c14-9(15)6-1-2-13(3-7(6)10(16)17)4-8-11-5-18-12-8/h5-7H,1-4H2,(H,14,15)(H,16,17). The fourth-order valence-electron chi connectivity index (χ4n) is 2.17. The summed E-state index contributed by atoms with van der Waals surface area (Å²) in [6.45, 7) is 1.06. The lowest BCUT2D eigenvalue weighted by molar-refractivity contribution is -0.157. The molecule has 1 aromatic rings. The van der Waals surface area contributed by atoms with Gasteiger partial charge >= 0.3 is 11.9 Å². The van der Waals surface area contributed by atoms with Gasteiger partial charge in [0.2, 0.25) is 6.39 Å². The van der Waals surface area contributed by atoms with Crippen molar-refractivity contribution >= 4 is 11.9 Å². The van der Waals surface area contributed by atoms with Crippen molar-refractivity contribution in [3.05, 3.63) is 12.2 Å². The third-order valence-corrected chi connectivity index (χ3v) is 3.10. The summed E-state index contributed by atoms with van der Waals surface area (Å²) < 4.78 is 4.59. The number of piperidine rings is 1. The van der Waals surface area contributed by atoms with E-state index in [2.05, 4.69) is 14.7 Å². The van der Waals surface area contributed by atoms with Gasteiger partial charge in [-0.05, 0) is 13.0 Å². The molecule has 0 amide bonds. The lowest BCUT2D eigenvalue weighted by Gasteiger charge is -2.33. The van der Waals surface area contributed by atoms with Gasteiger partial charge in [-0.15, -0.1) is 0 Å². The Labute approximate surface area is 102 Å². The van der Waals surface area contributed by atoms with Crippen LogP contribution in [0, 0.1) is 11.8 Å². The summed E-state index contributed by atoms with van der Waals surface area (Å²) in [6.07, 6.45) is 1.51. The predicted octanol–water partition coefficient (Wildman–Crippen LogP) is -0.323. The van der Waals surface area contributed by atoms with Crippen molar-refractivity contribution in [1.29, 1.82) is 0 Å². The molecule has 8 nitrogen and oxygen atoms in total. The van der Waals surface area contributed by atoms with Crippen LogP contribution < -0.4 is 0 Å². The minimum absolute atomic E-state index is 0.181. The molecule has 0 saturated carbocycles. The quantitative estimate of drug-likeness (QED) is 0.751. The van der Waals surface area contributed by atoms with Gasteiger partial charge in [0.25, 0.3) is 0 Å². The van der Waals surface area contributed by atoms with E-state index < -0.39 is 23.8 Å². The van der Waals surface area contributed by atoms with Crippen LogP contribution in [0.1, 0.15) is 12.2 Å². The Morgan fingerprint density at radius 1 is 1.39 bits per heavy atom. The van der Waals surface area contributed by atoms with E-state index in [1.54, 1.807) is 0 Å². The number of likely N-dealkylation sites (tertiary alicyclic amines) is 1. The number of rotatable bonds is 4. The van der Waals surface area contributed by atoms with Gasteiger partial charge in [0.05, 0.1) is 18.4 Å². The van der Waals surface area contributed by atoms with Crippen LogP contribution in [0.3, 0.4) is 0 Å². The molecule has 1 fully saturated rings. The lowest BCUT2D eigenvalue weighted by Crippen LogP contribution is -2.46. The largest absolute Gasteiger partial charge is 0.481 e. The molecular formula is C10H13N3O5. The first-order valence-electron chi connectivity index (χ1n) is 5.51. The number of nitrogens with zero attached hydrogens (tertiary/aromatic N) is 3. The van der Waals surface area contributed by atoms with Gasteiger partial charge in [-0.1, -0.05) is 5.16 Å². The van der Waals surface area contributed by atoms with E-state index in [1.165, 1.54) is 6.39 Å². The van der Waals surface area contributed by atoms with Gasteiger partial charge in [-0.2, -0.15) is 4.98 Å². The summed E-state index contributed by atoms with van der Waals surface area (Å²) in [7, 11) is 0. The van der Waals surface area contributed by atoms with Crippen LogP contribution >= 0.6 is 0 Å². The zero-order valence-corrected chi connectivity index (χ0v) is 9.52. The fourth-order valence-corrected chi connectivity index (χ4v) is 2.17. The van der Waals surface area contributed by atoms with Crippen molar-refractivity contribution in [1.82, 2.24) is 15.0 Å². The van der Waals surface area contributed by atoms with E-state index in [-0.39, 0.29) is 6.54 Å². The summed E-state index contributed by atoms with van der Waals surface area (Å²) in [4.78, 5) is 27.7. The molecule has 1 saturated heterocycles. The maximum absolute atomic E-state index is 11.1. The number of aliphatic carboxylic acids is 2. The second kappa shape index (κ2) is 5.13. The van der Waals surface area contributed by atoms with Crippen molar-refractivity contribution in [2.45, 2.75) is 13.0 Å². The van der Waals surface area contributed by atoms with E-state index in [0.29, 0.717) is 25.3 Å². The van der Waals surface area contributed by atoms with E-state index in [9.17, 15) is 9.59 Å². The Balaban J connectivity index is 2.02. The van der Waals surface area contributed by atoms with Gasteiger partial charge in [0, 0.05) is 6.54 Å². The van der Waals surface area contributed by atoms with Crippen LogP contribution in [-0.2, 0) is 16.1 Å². The summed E-state index contributed by atoms with van der Waals surface area (Å²) in [5.74, 6) is -3.40. The summed E-state index contributed by atoms with van der Waals surface area (Å²) in [5, 5.41) is 21.7. The minimum atomic E-state index is -1.08. The van der Waals surface area contributed by atoms with Crippen LogP contribution in [0.2, 0.25) is 0 Å². The number of aromatic nitrogens is 2. The van der Waals surface area contributed by atoms with Gasteiger partial charge < -0.3 is 14.7 Å². The number of carboxylic acids is 2. The molecule has 1 aromatic heterocycles. The highest BCUT2D eigenvalue weighted by atomic mass is 16.5. The van der Waals surface area contributed by atoms with Crippen molar-refractivity contribution in [3.63, 3.8) is 0 Å². The van der Waals surface area contributed by atoms with Crippen LogP contribution in [0.5, 0.6) is 0 Å². The highest BCUT2D eigenvalue weighted by Gasteiger charge is 2.38. The van der Waals surface area contributed by atoms with E-state index >= 15 is 0 Å². The first kappa shape index (κ1) is 12.5. The molecule has 0 spiro atoms. The lowest BCUT2D eigenvalue weighted by atomic mass is 9.85. The first-order valence-corrected chi connectivity index (χ1v) is 5.51. The third kappa shape index (κ3) is 2.65. The second-order valence-electron chi connectivity index (χ2n) is 4.26. The highest BCUT2D eigenvalue weighted by Crippen LogP contribution is 2.25. The molecule has 0 aliphatic carbocycles. The topological polar surface area (TPSA) is 117 Å². The molecule has 1 aliphatic heterocycles. The minimum Gasteiger partial charge on any atom is -0.481 e. The van der Waals surface area contributed by atoms with Crippen molar-refractivity contribution in [3.8, 4) is 0 Å². The summed E-state index contributed by atoms with van der Waals surface area (Å²) in [6, 6.07) is 0. The van der Waals surface area contributed by atoms with Crippen LogP contribution in [0.15, 0.2) is 10.9 Å². The zero-order chi connectivity index (χ0) is 13.1. The zero-order valence-electron chi connectivity index (χ0n) is 9.52. The molecule has 8 heteroatoms. The van der Waals surface area contributed by atoms with E-state index in [4.69, 9.17) is 10.2 Å². The smallest absolute Gasteiger partial charge is 0.308 e. The fraction of sp³-hybridized carbons (Fsp3) is 0.600. The maximum Gasteiger partial charge on any atom is 0.308 e. The van der Waals surface area contributed by atoms with E-state index in [0.717, 1.165) is 0 Å². The number of hydrogen-bond acceptors (Lipinski definition) is 6. The summed E-state index contributed by atoms with van der Waals surface area (Å²) >= 11 is 0. The van der Waals surface area contributed by atoms with Crippen molar-refractivity contribution < 1.29 is 24.3 Å². The third-order valence-electron chi connectivity index (χ3n) is 3.10. The molecule has 98 valence electrons. The Bertz CT molecular complexity index is 433. The molecule has 2 rings (SSSR count). The summed E-state index contributed by atoms with van der Waals surface area (Å²) in [5.41, 5.74) is 0. The molecule has 2 heterocycles. The normalized spacial score (nSPS) is 24.9. The van der Waals surface area contributed by atoms with Gasteiger partial charge in [-0.25, -0.2) is 0 Å². The van der Waals surface area contributed by atoms with Crippen molar-refractivity contribution in [2.75, 3.05) is 13.1 Å².